The highest BCUT2D eigenvalue weighted by atomic mass is 32.2. The summed E-state index contributed by atoms with van der Waals surface area (Å²) in [5, 5.41) is 5.41. The highest BCUT2D eigenvalue weighted by Gasteiger charge is 2.35. The number of amidine groups is 1. The van der Waals surface area contributed by atoms with Crippen LogP contribution in [0.25, 0.3) is 0 Å². The second-order valence-electron chi connectivity index (χ2n) is 5.54. The van der Waals surface area contributed by atoms with E-state index < -0.39 is 0 Å². The van der Waals surface area contributed by atoms with E-state index in [1.165, 1.54) is 37.3 Å². The maximum Gasteiger partial charge on any atom is 0.157 e. The third kappa shape index (κ3) is 2.73. The van der Waals surface area contributed by atoms with Gasteiger partial charge in [0.25, 0.3) is 0 Å². The molecule has 1 heterocycles. The monoisotopic (exact) mass is 240 g/mol. The van der Waals surface area contributed by atoms with Gasteiger partial charge in [-0.25, -0.2) is 0 Å². The number of rotatable bonds is 3. The average molecular weight is 240 g/mol. The van der Waals surface area contributed by atoms with Gasteiger partial charge in [0.1, 0.15) is 0 Å². The van der Waals surface area contributed by atoms with Crippen LogP contribution in [0.4, 0.5) is 0 Å². The summed E-state index contributed by atoms with van der Waals surface area (Å²) in [6, 6.07) is 0.592. The van der Waals surface area contributed by atoms with Gasteiger partial charge in [-0.1, -0.05) is 32.0 Å². The van der Waals surface area contributed by atoms with Crippen molar-refractivity contribution in [3.63, 3.8) is 0 Å². The summed E-state index contributed by atoms with van der Waals surface area (Å²) in [4.78, 5) is 4.82. The molecule has 2 fully saturated rings. The maximum absolute atomic E-state index is 4.82. The van der Waals surface area contributed by atoms with Gasteiger partial charge in [0.05, 0.1) is 0 Å². The first-order chi connectivity index (χ1) is 7.63. The standard InChI is InChI=1S/C13H24N2S/c1-4-13(6-5-7-13)9-14-12-15-10(2)8-11(3)16-12/h10-11H,4-9H2,1-3H3,(H,14,15). The minimum atomic E-state index is 0.555. The van der Waals surface area contributed by atoms with Crippen molar-refractivity contribution in [1.82, 2.24) is 5.32 Å². The number of hydrogen-bond donors (Lipinski definition) is 1. The first kappa shape index (κ1) is 12.3. The Morgan fingerprint density at radius 1 is 1.44 bits per heavy atom. The maximum atomic E-state index is 4.82. The molecule has 2 aliphatic rings. The predicted octanol–water partition coefficient (Wildman–Crippen LogP) is 3.43. The molecule has 2 rings (SSSR count). The number of nitrogens with zero attached hydrogens (tertiary/aromatic N) is 1. The Bertz CT molecular complexity index is 254. The summed E-state index contributed by atoms with van der Waals surface area (Å²) < 4.78 is 0. The van der Waals surface area contributed by atoms with Crippen LogP contribution in [0.5, 0.6) is 0 Å². The van der Waals surface area contributed by atoms with Crippen molar-refractivity contribution in [3.05, 3.63) is 0 Å². The molecule has 2 nitrogen and oxygen atoms in total. The van der Waals surface area contributed by atoms with E-state index in [0.29, 0.717) is 16.7 Å². The molecular formula is C13H24N2S. The van der Waals surface area contributed by atoms with Gasteiger partial charge in [-0.15, -0.1) is 0 Å². The SMILES string of the molecule is CCC1(CN=C2NC(C)CC(C)S2)CCC1. The molecule has 1 aliphatic heterocycles. The van der Waals surface area contributed by atoms with Crippen molar-refractivity contribution in [2.24, 2.45) is 10.4 Å². The second kappa shape index (κ2) is 4.99. The Morgan fingerprint density at radius 3 is 2.69 bits per heavy atom. The zero-order valence-electron chi connectivity index (χ0n) is 10.8. The van der Waals surface area contributed by atoms with Crippen LogP contribution in [0.2, 0.25) is 0 Å². The fourth-order valence-electron chi connectivity index (χ4n) is 2.66. The van der Waals surface area contributed by atoms with Gasteiger partial charge in [0.2, 0.25) is 0 Å². The van der Waals surface area contributed by atoms with E-state index in [0.717, 1.165) is 6.54 Å². The molecular weight excluding hydrogens is 216 g/mol. The van der Waals surface area contributed by atoms with Crippen molar-refractivity contribution in [1.29, 1.82) is 0 Å². The van der Waals surface area contributed by atoms with Gasteiger partial charge in [-0.3, -0.25) is 4.99 Å². The molecule has 0 spiro atoms. The Kier molecular flexibility index (Phi) is 3.83. The lowest BCUT2D eigenvalue weighted by molar-refractivity contribution is 0.139. The minimum Gasteiger partial charge on any atom is -0.362 e. The lowest BCUT2D eigenvalue weighted by atomic mass is 9.67. The first-order valence-electron chi connectivity index (χ1n) is 6.61. The van der Waals surface area contributed by atoms with Crippen molar-refractivity contribution >= 4 is 16.9 Å². The molecule has 0 aromatic heterocycles. The van der Waals surface area contributed by atoms with Gasteiger partial charge in [-0.2, -0.15) is 0 Å². The van der Waals surface area contributed by atoms with Crippen molar-refractivity contribution in [2.45, 2.75) is 64.2 Å². The lowest BCUT2D eigenvalue weighted by Gasteiger charge is -2.40. The molecule has 0 aromatic carbocycles. The second-order valence-corrected chi connectivity index (χ2v) is 6.97. The molecule has 16 heavy (non-hydrogen) atoms. The quantitative estimate of drug-likeness (QED) is 0.817. The molecule has 1 saturated carbocycles. The fourth-order valence-corrected chi connectivity index (χ4v) is 3.84. The molecule has 1 aliphatic carbocycles. The van der Waals surface area contributed by atoms with E-state index in [9.17, 15) is 0 Å². The third-order valence-corrected chi connectivity index (χ3v) is 5.16. The van der Waals surface area contributed by atoms with Crippen LogP contribution < -0.4 is 5.32 Å². The predicted molar refractivity (Wildman–Crippen MR) is 73.1 cm³/mol. The normalized spacial score (nSPS) is 35.6. The molecule has 0 amide bonds. The molecule has 1 saturated heterocycles. The molecule has 92 valence electrons. The molecule has 0 aromatic rings. The van der Waals surface area contributed by atoms with Crippen LogP contribution in [0.3, 0.4) is 0 Å². The van der Waals surface area contributed by atoms with E-state index in [2.05, 4.69) is 26.1 Å². The zero-order chi connectivity index (χ0) is 11.6. The van der Waals surface area contributed by atoms with E-state index >= 15 is 0 Å². The topological polar surface area (TPSA) is 24.4 Å². The Hall–Kier alpha value is -0.180. The highest BCUT2D eigenvalue weighted by molar-refractivity contribution is 8.14. The largest absolute Gasteiger partial charge is 0.362 e. The van der Waals surface area contributed by atoms with Crippen LogP contribution >= 0.6 is 11.8 Å². The molecule has 2 unspecified atom stereocenters. The minimum absolute atomic E-state index is 0.555. The first-order valence-corrected chi connectivity index (χ1v) is 7.49. The smallest absolute Gasteiger partial charge is 0.157 e. The molecule has 1 N–H and O–H groups in total. The van der Waals surface area contributed by atoms with Crippen molar-refractivity contribution < 1.29 is 0 Å². The summed E-state index contributed by atoms with van der Waals surface area (Å²) in [5.41, 5.74) is 0.555. The van der Waals surface area contributed by atoms with E-state index in [4.69, 9.17) is 4.99 Å². The summed E-state index contributed by atoms with van der Waals surface area (Å²) >= 11 is 1.91. The Labute approximate surface area is 104 Å². The molecule has 3 heteroatoms. The van der Waals surface area contributed by atoms with Crippen LogP contribution in [-0.4, -0.2) is 23.0 Å². The zero-order valence-corrected chi connectivity index (χ0v) is 11.6. The number of nitrogens with one attached hydrogen (secondary N) is 1. The average Bonchev–Trinajstić information content (AvgIpc) is 2.15. The summed E-state index contributed by atoms with van der Waals surface area (Å²) in [6.45, 7) is 7.91. The van der Waals surface area contributed by atoms with Gasteiger partial charge in [-0.05, 0) is 38.0 Å². The van der Waals surface area contributed by atoms with Gasteiger partial charge >= 0.3 is 0 Å². The van der Waals surface area contributed by atoms with Crippen LogP contribution in [0.1, 0.15) is 52.9 Å². The van der Waals surface area contributed by atoms with Gasteiger partial charge < -0.3 is 5.32 Å². The molecule has 0 radical (unpaired) electrons. The van der Waals surface area contributed by atoms with Crippen molar-refractivity contribution in [3.8, 4) is 0 Å². The Balaban J connectivity index is 1.91. The van der Waals surface area contributed by atoms with Crippen molar-refractivity contribution in [2.75, 3.05) is 6.54 Å². The third-order valence-electron chi connectivity index (χ3n) is 4.09. The van der Waals surface area contributed by atoms with Crippen LogP contribution in [0.15, 0.2) is 4.99 Å². The lowest BCUT2D eigenvalue weighted by Crippen LogP contribution is -2.39. The summed E-state index contributed by atoms with van der Waals surface area (Å²) in [6.07, 6.45) is 6.72. The number of thioether (sulfide) groups is 1. The summed E-state index contributed by atoms with van der Waals surface area (Å²) in [5.74, 6) is 0. The number of aliphatic imine (C=N–C) groups is 1. The van der Waals surface area contributed by atoms with Gasteiger partial charge in [0.15, 0.2) is 5.17 Å². The van der Waals surface area contributed by atoms with Crippen LogP contribution in [0, 0.1) is 5.41 Å². The van der Waals surface area contributed by atoms with E-state index in [-0.39, 0.29) is 0 Å². The van der Waals surface area contributed by atoms with E-state index in [1.807, 2.05) is 11.8 Å². The molecule has 0 bridgehead atoms. The van der Waals surface area contributed by atoms with Gasteiger partial charge in [0, 0.05) is 17.8 Å². The summed E-state index contributed by atoms with van der Waals surface area (Å²) in [7, 11) is 0. The number of hydrogen-bond acceptors (Lipinski definition) is 2. The Morgan fingerprint density at radius 2 is 2.19 bits per heavy atom. The van der Waals surface area contributed by atoms with E-state index in [1.54, 1.807) is 0 Å². The highest BCUT2D eigenvalue weighted by Crippen LogP contribution is 2.44. The van der Waals surface area contributed by atoms with Crippen LogP contribution in [-0.2, 0) is 0 Å². The fraction of sp³-hybridized carbons (Fsp3) is 0.923. The molecule has 2 atom stereocenters.